The van der Waals surface area contributed by atoms with Crippen molar-refractivity contribution in [3.63, 3.8) is 0 Å². The highest BCUT2D eigenvalue weighted by atomic mass is 79.9. The Morgan fingerprint density at radius 2 is 1.96 bits per heavy atom. The largest absolute Gasteiger partial charge is 0.361 e. The summed E-state index contributed by atoms with van der Waals surface area (Å²) in [7, 11) is 2.88. The van der Waals surface area contributed by atoms with E-state index in [0.717, 1.165) is 39.7 Å². The van der Waals surface area contributed by atoms with Crippen LogP contribution in [0.4, 0.5) is 5.95 Å². The third kappa shape index (κ3) is 4.48. The van der Waals surface area contributed by atoms with Gasteiger partial charge in [-0.1, -0.05) is 35.6 Å². The first kappa shape index (κ1) is 19.8. The SMILES string of the molecule is CN(C)c1nc2cc(Br)cc(C3OCCO3)c2n1COCC[Si](C)(C)C. The lowest BCUT2D eigenvalue weighted by atomic mass is 10.1. The molecule has 0 amide bonds. The Morgan fingerprint density at radius 3 is 2.58 bits per heavy atom. The van der Waals surface area contributed by atoms with E-state index in [1.54, 1.807) is 0 Å². The Labute approximate surface area is 164 Å². The van der Waals surface area contributed by atoms with Crippen LogP contribution in [0, 0.1) is 0 Å². The molecule has 0 radical (unpaired) electrons. The average Bonchev–Trinajstić information content (AvgIpc) is 3.17. The van der Waals surface area contributed by atoms with Crippen molar-refractivity contribution in [3.05, 3.63) is 22.2 Å². The molecule has 1 aromatic carbocycles. The first-order valence-electron chi connectivity index (χ1n) is 8.94. The lowest BCUT2D eigenvalue weighted by Crippen LogP contribution is -2.22. The molecule has 26 heavy (non-hydrogen) atoms. The molecule has 2 heterocycles. The Bertz CT molecular complexity index is 767. The number of aromatic nitrogens is 2. The predicted molar refractivity (Wildman–Crippen MR) is 111 cm³/mol. The smallest absolute Gasteiger partial charge is 0.207 e. The quantitative estimate of drug-likeness (QED) is 0.475. The van der Waals surface area contributed by atoms with Crippen LogP contribution in [0.15, 0.2) is 16.6 Å². The van der Waals surface area contributed by atoms with Crippen molar-refractivity contribution in [1.29, 1.82) is 0 Å². The van der Waals surface area contributed by atoms with Gasteiger partial charge in [0.05, 0.1) is 24.2 Å². The van der Waals surface area contributed by atoms with Gasteiger partial charge >= 0.3 is 0 Å². The van der Waals surface area contributed by atoms with Crippen molar-refractivity contribution in [3.8, 4) is 0 Å². The Balaban J connectivity index is 1.97. The second-order valence-electron chi connectivity index (χ2n) is 8.02. The van der Waals surface area contributed by atoms with Crippen LogP contribution < -0.4 is 4.90 Å². The zero-order chi connectivity index (χ0) is 18.9. The Kier molecular flexibility index (Phi) is 6.08. The lowest BCUT2D eigenvalue weighted by Gasteiger charge is -2.19. The number of hydrogen-bond acceptors (Lipinski definition) is 5. The van der Waals surface area contributed by atoms with Crippen molar-refractivity contribution >= 4 is 41.0 Å². The second kappa shape index (κ2) is 7.98. The Hall–Kier alpha value is -0.933. The maximum atomic E-state index is 6.04. The second-order valence-corrected chi connectivity index (χ2v) is 14.6. The van der Waals surface area contributed by atoms with E-state index in [9.17, 15) is 0 Å². The number of nitrogens with zero attached hydrogens (tertiary/aromatic N) is 3. The third-order valence-corrected chi connectivity index (χ3v) is 6.47. The summed E-state index contributed by atoms with van der Waals surface area (Å²) in [5, 5.41) is 0. The van der Waals surface area contributed by atoms with Gasteiger partial charge in [-0.05, 0) is 18.2 Å². The highest BCUT2D eigenvalue weighted by Crippen LogP contribution is 2.35. The number of hydrogen-bond donors (Lipinski definition) is 0. The average molecular weight is 442 g/mol. The molecule has 0 unspecified atom stereocenters. The van der Waals surface area contributed by atoms with Crippen molar-refractivity contribution in [1.82, 2.24) is 9.55 Å². The van der Waals surface area contributed by atoms with Gasteiger partial charge in [0.1, 0.15) is 6.73 Å². The summed E-state index contributed by atoms with van der Waals surface area (Å²) in [5.41, 5.74) is 2.91. The van der Waals surface area contributed by atoms with E-state index < -0.39 is 8.07 Å². The van der Waals surface area contributed by atoms with Gasteiger partial charge in [0, 0.05) is 38.8 Å². The number of ether oxygens (including phenoxy) is 3. The topological polar surface area (TPSA) is 48.8 Å². The van der Waals surface area contributed by atoms with E-state index in [-0.39, 0.29) is 6.29 Å². The molecular weight excluding hydrogens is 414 g/mol. The van der Waals surface area contributed by atoms with E-state index in [2.05, 4.69) is 46.2 Å². The van der Waals surface area contributed by atoms with Crippen LogP contribution >= 0.6 is 15.9 Å². The third-order valence-electron chi connectivity index (χ3n) is 4.31. The molecule has 0 bridgehead atoms. The van der Waals surface area contributed by atoms with Crippen molar-refractivity contribution < 1.29 is 14.2 Å². The van der Waals surface area contributed by atoms with Gasteiger partial charge in [-0.3, -0.25) is 4.57 Å². The monoisotopic (exact) mass is 441 g/mol. The summed E-state index contributed by atoms with van der Waals surface area (Å²) < 4.78 is 20.7. The molecule has 0 aliphatic carbocycles. The highest BCUT2D eigenvalue weighted by Gasteiger charge is 2.25. The van der Waals surface area contributed by atoms with Crippen LogP contribution in [0.3, 0.4) is 0 Å². The fourth-order valence-electron chi connectivity index (χ4n) is 2.97. The van der Waals surface area contributed by atoms with Crippen LogP contribution in [-0.4, -0.2) is 51.5 Å². The number of rotatable bonds is 7. The number of benzene rings is 1. The van der Waals surface area contributed by atoms with E-state index >= 15 is 0 Å². The van der Waals surface area contributed by atoms with Crippen LogP contribution in [0.1, 0.15) is 11.9 Å². The standard InChI is InChI=1S/C18H28BrN3O3Si/c1-21(2)18-20-15-11-13(19)10-14(17-24-6-7-25-17)16(15)22(18)12-23-8-9-26(3,4)5/h10-11,17H,6-9,12H2,1-5H3. The predicted octanol–water partition coefficient (Wildman–Crippen LogP) is 4.22. The fourth-order valence-corrected chi connectivity index (χ4v) is 4.19. The van der Waals surface area contributed by atoms with Crippen LogP contribution in [0.25, 0.3) is 11.0 Å². The van der Waals surface area contributed by atoms with Crippen molar-refractivity contribution in [2.24, 2.45) is 0 Å². The van der Waals surface area contributed by atoms with E-state index in [4.69, 9.17) is 19.2 Å². The molecule has 144 valence electrons. The summed E-state index contributed by atoms with van der Waals surface area (Å²) >= 11 is 3.59. The van der Waals surface area contributed by atoms with Crippen LogP contribution in [0.2, 0.25) is 25.7 Å². The molecule has 1 saturated heterocycles. The minimum absolute atomic E-state index is 0.359. The van der Waals surface area contributed by atoms with Crippen LogP contribution in [-0.2, 0) is 20.9 Å². The maximum absolute atomic E-state index is 6.04. The number of halogens is 1. The first-order valence-corrected chi connectivity index (χ1v) is 13.4. The zero-order valence-corrected chi connectivity index (χ0v) is 18.8. The normalized spacial score (nSPS) is 15.9. The summed E-state index contributed by atoms with van der Waals surface area (Å²) in [5.74, 6) is 0.866. The molecule has 1 aromatic heterocycles. The van der Waals surface area contributed by atoms with Gasteiger partial charge in [0.2, 0.25) is 5.95 Å². The first-order chi connectivity index (χ1) is 12.3. The van der Waals surface area contributed by atoms with E-state index in [1.807, 2.05) is 25.1 Å². The van der Waals surface area contributed by atoms with E-state index in [1.165, 1.54) is 0 Å². The molecule has 0 saturated carbocycles. The van der Waals surface area contributed by atoms with Crippen LogP contribution in [0.5, 0.6) is 0 Å². The molecule has 1 aliphatic rings. The molecule has 1 aliphatic heterocycles. The molecule has 0 spiro atoms. The van der Waals surface area contributed by atoms with Gasteiger partial charge in [0.15, 0.2) is 6.29 Å². The summed E-state index contributed by atoms with van der Waals surface area (Å²) in [4.78, 5) is 6.82. The number of fused-ring (bicyclic) bond motifs is 1. The van der Waals surface area contributed by atoms with Gasteiger partial charge in [-0.15, -0.1) is 0 Å². The molecule has 6 nitrogen and oxygen atoms in total. The van der Waals surface area contributed by atoms with Gasteiger partial charge < -0.3 is 19.1 Å². The minimum atomic E-state index is -1.11. The number of imidazole rings is 1. The summed E-state index contributed by atoms with van der Waals surface area (Å²) in [6.07, 6.45) is -0.359. The highest BCUT2D eigenvalue weighted by molar-refractivity contribution is 9.10. The molecule has 2 aromatic rings. The van der Waals surface area contributed by atoms with Gasteiger partial charge in [0.25, 0.3) is 0 Å². The van der Waals surface area contributed by atoms with E-state index in [0.29, 0.717) is 19.9 Å². The van der Waals surface area contributed by atoms with Crippen molar-refractivity contribution in [2.75, 3.05) is 38.8 Å². The minimum Gasteiger partial charge on any atom is -0.361 e. The van der Waals surface area contributed by atoms with Crippen molar-refractivity contribution in [2.45, 2.75) is 38.7 Å². The molecule has 3 rings (SSSR count). The summed E-state index contributed by atoms with van der Waals surface area (Å²) in [6.45, 7) is 9.54. The van der Waals surface area contributed by atoms with Gasteiger partial charge in [-0.2, -0.15) is 0 Å². The molecule has 0 atom stereocenters. The zero-order valence-electron chi connectivity index (χ0n) is 16.2. The molecule has 0 N–H and O–H groups in total. The number of anilines is 1. The maximum Gasteiger partial charge on any atom is 0.207 e. The molecule has 8 heteroatoms. The molecular formula is C18H28BrN3O3Si. The fraction of sp³-hybridized carbons (Fsp3) is 0.611. The lowest BCUT2D eigenvalue weighted by molar-refractivity contribution is -0.0434. The molecule has 1 fully saturated rings. The van der Waals surface area contributed by atoms with Gasteiger partial charge in [-0.25, -0.2) is 4.98 Å². The summed E-state index contributed by atoms with van der Waals surface area (Å²) in [6, 6.07) is 5.22. The Morgan fingerprint density at radius 1 is 1.27 bits per heavy atom.